The van der Waals surface area contributed by atoms with Gasteiger partial charge in [-0.1, -0.05) is 13.8 Å². The maximum absolute atomic E-state index is 6.03. The molecule has 18 heavy (non-hydrogen) atoms. The van der Waals surface area contributed by atoms with Crippen molar-refractivity contribution in [3.05, 3.63) is 18.3 Å². The summed E-state index contributed by atoms with van der Waals surface area (Å²) in [7, 11) is 0. The van der Waals surface area contributed by atoms with Crippen LogP contribution in [0, 0.1) is 0 Å². The zero-order chi connectivity index (χ0) is 13.2. The van der Waals surface area contributed by atoms with Crippen LogP contribution in [0.2, 0.25) is 0 Å². The van der Waals surface area contributed by atoms with Gasteiger partial charge >= 0.3 is 0 Å². The van der Waals surface area contributed by atoms with Crippen LogP contribution in [-0.2, 0) is 6.54 Å². The first-order valence-corrected chi connectivity index (χ1v) is 7.50. The van der Waals surface area contributed by atoms with Gasteiger partial charge in [0.15, 0.2) is 5.65 Å². The molecule has 0 atom stereocenters. The number of rotatable bonds is 5. The summed E-state index contributed by atoms with van der Waals surface area (Å²) in [4.78, 5) is 8.77. The molecule has 2 N–H and O–H groups in total. The minimum atomic E-state index is 0.208. The number of hydrogen-bond donors (Lipinski definition) is 1. The third kappa shape index (κ3) is 2.19. The fraction of sp³-hybridized carbons (Fsp3) is 0.538. The number of pyridine rings is 1. The molecule has 0 aliphatic rings. The quantitative estimate of drug-likeness (QED) is 0.902. The SMILES string of the molecule is CCC(CC)(Cn1c(N)nc2cccnc21)SC. The second-order valence-corrected chi connectivity index (χ2v) is 5.77. The van der Waals surface area contributed by atoms with Crippen LogP contribution in [0.1, 0.15) is 26.7 Å². The highest BCUT2D eigenvalue weighted by molar-refractivity contribution is 8.00. The first-order chi connectivity index (χ1) is 8.65. The predicted molar refractivity (Wildman–Crippen MR) is 78.8 cm³/mol. The summed E-state index contributed by atoms with van der Waals surface area (Å²) in [6, 6.07) is 3.84. The monoisotopic (exact) mass is 264 g/mol. The molecular formula is C13H20N4S. The first kappa shape index (κ1) is 13.2. The van der Waals surface area contributed by atoms with Crippen molar-refractivity contribution >= 4 is 28.9 Å². The Labute approximate surface area is 112 Å². The highest BCUT2D eigenvalue weighted by Gasteiger charge is 2.27. The highest BCUT2D eigenvalue weighted by atomic mass is 32.2. The Morgan fingerprint density at radius 1 is 1.39 bits per heavy atom. The van der Waals surface area contributed by atoms with Gasteiger partial charge in [0.1, 0.15) is 5.52 Å². The summed E-state index contributed by atoms with van der Waals surface area (Å²) < 4.78 is 2.25. The Balaban J connectivity index is 2.45. The molecule has 0 fully saturated rings. The van der Waals surface area contributed by atoms with Crippen LogP contribution in [-0.4, -0.2) is 25.5 Å². The molecule has 0 aromatic carbocycles. The van der Waals surface area contributed by atoms with Gasteiger partial charge in [-0.3, -0.25) is 4.57 Å². The summed E-state index contributed by atoms with van der Waals surface area (Å²) in [6.07, 6.45) is 6.17. The van der Waals surface area contributed by atoms with Gasteiger partial charge in [-0.25, -0.2) is 9.97 Å². The van der Waals surface area contributed by atoms with E-state index in [1.165, 1.54) is 0 Å². The minimum absolute atomic E-state index is 0.208. The van der Waals surface area contributed by atoms with Crippen molar-refractivity contribution in [3.8, 4) is 0 Å². The van der Waals surface area contributed by atoms with Gasteiger partial charge in [0.05, 0.1) is 0 Å². The van der Waals surface area contributed by atoms with Crippen molar-refractivity contribution in [1.29, 1.82) is 0 Å². The number of hydrogen-bond acceptors (Lipinski definition) is 4. The molecule has 0 saturated heterocycles. The number of thioether (sulfide) groups is 1. The molecule has 0 aliphatic heterocycles. The molecular weight excluding hydrogens is 244 g/mol. The van der Waals surface area contributed by atoms with E-state index in [1.807, 2.05) is 28.5 Å². The van der Waals surface area contributed by atoms with Crippen molar-refractivity contribution in [2.45, 2.75) is 38.0 Å². The average molecular weight is 264 g/mol. The molecule has 0 spiro atoms. The van der Waals surface area contributed by atoms with Gasteiger partial charge in [0.2, 0.25) is 5.95 Å². The van der Waals surface area contributed by atoms with Crippen molar-refractivity contribution in [3.63, 3.8) is 0 Å². The summed E-state index contributed by atoms with van der Waals surface area (Å²) in [5.74, 6) is 0.559. The number of fused-ring (bicyclic) bond motifs is 1. The number of nitrogen functional groups attached to an aromatic ring is 1. The van der Waals surface area contributed by atoms with E-state index in [4.69, 9.17) is 5.73 Å². The van der Waals surface area contributed by atoms with E-state index in [0.717, 1.165) is 30.6 Å². The van der Waals surface area contributed by atoms with Crippen molar-refractivity contribution in [2.24, 2.45) is 0 Å². The molecule has 0 amide bonds. The van der Waals surface area contributed by atoms with Crippen LogP contribution in [0.4, 0.5) is 5.95 Å². The number of aromatic nitrogens is 3. The Hall–Kier alpha value is -1.23. The zero-order valence-electron chi connectivity index (χ0n) is 11.2. The number of nitrogens with two attached hydrogens (primary N) is 1. The standard InChI is InChI=1S/C13H20N4S/c1-4-13(5-2,18-3)9-17-11-10(16-12(17)14)7-6-8-15-11/h6-8H,4-5,9H2,1-3H3,(H2,14,16). The second-order valence-electron chi connectivity index (χ2n) is 4.50. The molecule has 0 bridgehead atoms. The Morgan fingerprint density at radius 3 is 2.72 bits per heavy atom. The fourth-order valence-corrected chi connectivity index (χ4v) is 3.08. The summed E-state index contributed by atoms with van der Waals surface area (Å²) in [5, 5.41) is 0. The molecule has 0 unspecified atom stereocenters. The second kappa shape index (κ2) is 5.18. The van der Waals surface area contributed by atoms with Crippen LogP contribution in [0.5, 0.6) is 0 Å². The lowest BCUT2D eigenvalue weighted by Gasteiger charge is -2.30. The normalized spacial score (nSPS) is 12.2. The molecule has 2 heterocycles. The smallest absolute Gasteiger partial charge is 0.202 e. The van der Waals surface area contributed by atoms with Crippen molar-refractivity contribution < 1.29 is 0 Å². The summed E-state index contributed by atoms with van der Waals surface area (Å²) in [5.41, 5.74) is 7.78. The number of nitrogens with zero attached hydrogens (tertiary/aromatic N) is 3. The maximum Gasteiger partial charge on any atom is 0.202 e. The highest BCUT2D eigenvalue weighted by Crippen LogP contribution is 2.34. The van der Waals surface area contributed by atoms with E-state index in [2.05, 4.69) is 30.1 Å². The summed E-state index contributed by atoms with van der Waals surface area (Å²) >= 11 is 1.90. The number of imidazole rings is 1. The third-order valence-corrected chi connectivity index (χ3v) is 5.27. The van der Waals surface area contributed by atoms with E-state index in [9.17, 15) is 0 Å². The lowest BCUT2D eigenvalue weighted by Crippen LogP contribution is -2.29. The van der Waals surface area contributed by atoms with Crippen LogP contribution >= 0.6 is 11.8 Å². The Bertz CT molecular complexity index is 523. The Kier molecular flexibility index (Phi) is 3.80. The number of anilines is 1. The lowest BCUT2D eigenvalue weighted by molar-refractivity contribution is 0.475. The molecule has 0 saturated carbocycles. The Morgan fingerprint density at radius 2 is 2.11 bits per heavy atom. The largest absolute Gasteiger partial charge is 0.369 e. The van der Waals surface area contributed by atoms with Crippen LogP contribution < -0.4 is 5.73 Å². The molecule has 4 nitrogen and oxygen atoms in total. The average Bonchev–Trinajstić information content (AvgIpc) is 2.72. The van der Waals surface area contributed by atoms with E-state index < -0.39 is 0 Å². The zero-order valence-corrected chi connectivity index (χ0v) is 12.0. The first-order valence-electron chi connectivity index (χ1n) is 6.27. The van der Waals surface area contributed by atoms with Crippen LogP contribution in [0.15, 0.2) is 18.3 Å². The van der Waals surface area contributed by atoms with E-state index in [0.29, 0.717) is 5.95 Å². The minimum Gasteiger partial charge on any atom is -0.369 e. The fourth-order valence-electron chi connectivity index (χ4n) is 2.25. The molecule has 2 rings (SSSR count). The van der Waals surface area contributed by atoms with E-state index >= 15 is 0 Å². The lowest BCUT2D eigenvalue weighted by atomic mass is 10.0. The maximum atomic E-state index is 6.03. The molecule has 2 aromatic heterocycles. The predicted octanol–water partition coefficient (Wildman–Crippen LogP) is 2.94. The van der Waals surface area contributed by atoms with E-state index in [-0.39, 0.29) is 4.75 Å². The molecule has 2 aromatic rings. The van der Waals surface area contributed by atoms with Gasteiger partial charge < -0.3 is 5.73 Å². The third-order valence-electron chi connectivity index (χ3n) is 3.70. The molecule has 5 heteroatoms. The molecule has 0 aliphatic carbocycles. The van der Waals surface area contributed by atoms with Crippen molar-refractivity contribution in [1.82, 2.24) is 14.5 Å². The topological polar surface area (TPSA) is 56.7 Å². The van der Waals surface area contributed by atoms with Gasteiger partial charge in [-0.2, -0.15) is 11.8 Å². The van der Waals surface area contributed by atoms with Gasteiger partial charge in [0, 0.05) is 17.5 Å². The van der Waals surface area contributed by atoms with E-state index in [1.54, 1.807) is 6.20 Å². The van der Waals surface area contributed by atoms with Gasteiger partial charge in [-0.05, 0) is 31.2 Å². The van der Waals surface area contributed by atoms with Gasteiger partial charge in [-0.15, -0.1) is 0 Å². The molecule has 98 valence electrons. The summed E-state index contributed by atoms with van der Waals surface area (Å²) in [6.45, 7) is 5.31. The van der Waals surface area contributed by atoms with Crippen molar-refractivity contribution in [2.75, 3.05) is 12.0 Å². The van der Waals surface area contributed by atoms with Crippen LogP contribution in [0.3, 0.4) is 0 Å². The van der Waals surface area contributed by atoms with Crippen LogP contribution in [0.25, 0.3) is 11.2 Å². The molecule has 0 radical (unpaired) electrons. The van der Waals surface area contributed by atoms with Gasteiger partial charge in [0.25, 0.3) is 0 Å².